The summed E-state index contributed by atoms with van der Waals surface area (Å²) in [4.78, 5) is 11.5. The zero-order valence-electron chi connectivity index (χ0n) is 8.97. The summed E-state index contributed by atoms with van der Waals surface area (Å²) >= 11 is 3.02. The SMILES string of the molecule is CCc1cc(OC(F)(F)F)ccc1C(=O)CBr. The fourth-order valence-corrected chi connectivity index (χ4v) is 1.71. The van der Waals surface area contributed by atoms with Gasteiger partial charge in [0.1, 0.15) is 5.75 Å². The Morgan fingerprint density at radius 2 is 2.06 bits per heavy atom. The molecule has 2 nitrogen and oxygen atoms in total. The molecule has 1 rings (SSSR count). The number of halogens is 4. The second-order valence-corrected chi connectivity index (χ2v) is 3.84. The van der Waals surface area contributed by atoms with Gasteiger partial charge in [-0.1, -0.05) is 22.9 Å². The van der Waals surface area contributed by atoms with Gasteiger partial charge in [-0.25, -0.2) is 0 Å². The average molecular weight is 311 g/mol. The molecule has 94 valence electrons. The first-order valence-corrected chi connectivity index (χ1v) is 5.97. The Kier molecular flexibility index (Phi) is 4.56. The van der Waals surface area contributed by atoms with Gasteiger partial charge in [0.15, 0.2) is 5.78 Å². The van der Waals surface area contributed by atoms with E-state index < -0.39 is 6.36 Å². The average Bonchev–Trinajstić information content (AvgIpc) is 2.25. The summed E-state index contributed by atoms with van der Waals surface area (Å²) in [6.45, 7) is 1.76. The summed E-state index contributed by atoms with van der Waals surface area (Å²) in [5, 5.41) is 0.138. The van der Waals surface area contributed by atoms with E-state index in [1.807, 2.05) is 0 Å². The molecular formula is C11H10BrF3O2. The second-order valence-electron chi connectivity index (χ2n) is 3.28. The van der Waals surface area contributed by atoms with Crippen LogP contribution in [0.1, 0.15) is 22.8 Å². The van der Waals surface area contributed by atoms with Crippen LogP contribution >= 0.6 is 15.9 Å². The van der Waals surface area contributed by atoms with Gasteiger partial charge in [0.25, 0.3) is 0 Å². The minimum absolute atomic E-state index is 0.138. The highest BCUT2D eigenvalue weighted by Gasteiger charge is 2.31. The topological polar surface area (TPSA) is 26.3 Å². The predicted octanol–water partition coefficient (Wildman–Crippen LogP) is 3.73. The van der Waals surface area contributed by atoms with E-state index in [1.165, 1.54) is 12.1 Å². The van der Waals surface area contributed by atoms with Crippen molar-refractivity contribution in [1.29, 1.82) is 0 Å². The van der Waals surface area contributed by atoms with Gasteiger partial charge in [0.2, 0.25) is 0 Å². The maximum absolute atomic E-state index is 12.0. The molecule has 0 aliphatic carbocycles. The quantitative estimate of drug-likeness (QED) is 0.626. The zero-order valence-corrected chi connectivity index (χ0v) is 10.6. The van der Waals surface area contributed by atoms with Crippen molar-refractivity contribution in [1.82, 2.24) is 0 Å². The molecule has 0 bridgehead atoms. The molecule has 0 aromatic heterocycles. The monoisotopic (exact) mass is 310 g/mol. The normalized spacial score (nSPS) is 11.4. The molecule has 0 saturated heterocycles. The van der Waals surface area contributed by atoms with E-state index in [2.05, 4.69) is 20.7 Å². The number of rotatable bonds is 4. The predicted molar refractivity (Wildman–Crippen MR) is 60.6 cm³/mol. The van der Waals surface area contributed by atoms with E-state index in [0.29, 0.717) is 17.5 Å². The standard InChI is InChI=1S/C11H10BrF3O2/c1-2-7-5-8(17-11(13,14)15)3-4-9(7)10(16)6-12/h3-5H,2,6H2,1H3. The first-order chi connectivity index (χ1) is 7.87. The highest BCUT2D eigenvalue weighted by molar-refractivity contribution is 9.09. The lowest BCUT2D eigenvalue weighted by atomic mass is 10.0. The third-order valence-electron chi connectivity index (χ3n) is 2.11. The molecule has 0 saturated carbocycles. The van der Waals surface area contributed by atoms with Crippen LogP contribution in [0.5, 0.6) is 5.75 Å². The molecule has 0 aliphatic heterocycles. The number of aryl methyl sites for hydroxylation is 1. The van der Waals surface area contributed by atoms with Gasteiger partial charge in [-0.05, 0) is 30.2 Å². The van der Waals surface area contributed by atoms with E-state index in [4.69, 9.17) is 0 Å². The smallest absolute Gasteiger partial charge is 0.406 e. The Balaban J connectivity index is 3.04. The van der Waals surface area contributed by atoms with Crippen molar-refractivity contribution in [2.45, 2.75) is 19.7 Å². The van der Waals surface area contributed by atoms with Crippen LogP contribution in [-0.4, -0.2) is 17.5 Å². The van der Waals surface area contributed by atoms with Crippen molar-refractivity contribution in [2.75, 3.05) is 5.33 Å². The highest BCUT2D eigenvalue weighted by Crippen LogP contribution is 2.25. The van der Waals surface area contributed by atoms with Crippen LogP contribution in [0.3, 0.4) is 0 Å². The first kappa shape index (κ1) is 14.0. The van der Waals surface area contributed by atoms with Gasteiger partial charge in [-0.3, -0.25) is 4.79 Å². The molecule has 0 fully saturated rings. The van der Waals surface area contributed by atoms with Crippen LogP contribution in [0.25, 0.3) is 0 Å². The second kappa shape index (κ2) is 5.53. The molecule has 6 heteroatoms. The van der Waals surface area contributed by atoms with Crippen LogP contribution in [-0.2, 0) is 6.42 Å². The number of carbonyl (C=O) groups is 1. The van der Waals surface area contributed by atoms with Crippen LogP contribution in [0, 0.1) is 0 Å². The molecule has 0 N–H and O–H groups in total. The van der Waals surface area contributed by atoms with Crippen molar-refractivity contribution in [3.05, 3.63) is 29.3 Å². The maximum Gasteiger partial charge on any atom is 0.573 e. The molecule has 17 heavy (non-hydrogen) atoms. The molecule has 0 amide bonds. The van der Waals surface area contributed by atoms with Gasteiger partial charge >= 0.3 is 6.36 Å². The Labute approximate surface area is 105 Å². The maximum atomic E-state index is 12.0. The minimum Gasteiger partial charge on any atom is -0.406 e. The largest absolute Gasteiger partial charge is 0.573 e. The molecule has 1 aromatic rings. The number of Topliss-reactive ketones (excluding diaryl/α,β-unsaturated/α-hetero) is 1. The van der Waals surface area contributed by atoms with Gasteiger partial charge in [0, 0.05) is 5.56 Å². The Hall–Kier alpha value is -1.04. The highest BCUT2D eigenvalue weighted by atomic mass is 79.9. The first-order valence-electron chi connectivity index (χ1n) is 4.85. The van der Waals surface area contributed by atoms with Gasteiger partial charge in [0.05, 0.1) is 5.33 Å². The number of ketones is 1. The fourth-order valence-electron chi connectivity index (χ4n) is 1.40. The van der Waals surface area contributed by atoms with Crippen LogP contribution in [0.4, 0.5) is 13.2 Å². The lowest BCUT2D eigenvalue weighted by Crippen LogP contribution is -2.17. The molecule has 0 spiro atoms. The molecule has 0 radical (unpaired) electrons. The summed E-state index contributed by atoms with van der Waals surface area (Å²) in [5.74, 6) is -0.471. The van der Waals surface area contributed by atoms with Crippen LogP contribution in [0.15, 0.2) is 18.2 Å². The number of carbonyl (C=O) groups excluding carboxylic acids is 1. The van der Waals surface area contributed by atoms with Gasteiger partial charge in [-0.15, -0.1) is 13.2 Å². The van der Waals surface area contributed by atoms with E-state index >= 15 is 0 Å². The summed E-state index contributed by atoms with van der Waals surface area (Å²) < 4.78 is 39.8. The number of benzene rings is 1. The number of ether oxygens (including phenoxy) is 1. The van der Waals surface area contributed by atoms with Crippen molar-refractivity contribution < 1.29 is 22.7 Å². The van der Waals surface area contributed by atoms with E-state index in [9.17, 15) is 18.0 Å². The lowest BCUT2D eigenvalue weighted by molar-refractivity contribution is -0.274. The Bertz CT molecular complexity index is 416. The Morgan fingerprint density at radius 3 is 2.53 bits per heavy atom. The van der Waals surface area contributed by atoms with Crippen LogP contribution in [0.2, 0.25) is 0 Å². The summed E-state index contributed by atoms with van der Waals surface area (Å²) in [6.07, 6.45) is -4.25. The fraction of sp³-hybridized carbons (Fsp3) is 0.364. The molecule has 0 heterocycles. The summed E-state index contributed by atoms with van der Waals surface area (Å²) in [6, 6.07) is 3.73. The summed E-state index contributed by atoms with van der Waals surface area (Å²) in [5.41, 5.74) is 0.954. The van der Waals surface area contributed by atoms with Gasteiger partial charge < -0.3 is 4.74 Å². The lowest BCUT2D eigenvalue weighted by Gasteiger charge is -2.11. The molecule has 0 atom stereocenters. The van der Waals surface area contributed by atoms with E-state index in [-0.39, 0.29) is 16.9 Å². The van der Waals surface area contributed by atoms with E-state index in [1.54, 1.807) is 6.92 Å². The van der Waals surface area contributed by atoms with Crippen molar-refractivity contribution in [3.63, 3.8) is 0 Å². The third kappa shape index (κ3) is 4.03. The molecule has 0 unspecified atom stereocenters. The number of alkyl halides is 4. The Morgan fingerprint density at radius 1 is 1.41 bits per heavy atom. The number of hydrogen-bond donors (Lipinski definition) is 0. The van der Waals surface area contributed by atoms with Crippen molar-refractivity contribution in [2.24, 2.45) is 0 Å². The minimum atomic E-state index is -4.72. The molecule has 0 aliphatic rings. The number of hydrogen-bond acceptors (Lipinski definition) is 2. The van der Waals surface area contributed by atoms with Crippen molar-refractivity contribution in [3.8, 4) is 5.75 Å². The molecular weight excluding hydrogens is 301 g/mol. The van der Waals surface area contributed by atoms with Crippen molar-refractivity contribution >= 4 is 21.7 Å². The zero-order chi connectivity index (χ0) is 13.1. The molecule has 1 aromatic carbocycles. The third-order valence-corrected chi connectivity index (χ3v) is 2.62. The van der Waals surface area contributed by atoms with Gasteiger partial charge in [-0.2, -0.15) is 0 Å². The summed E-state index contributed by atoms with van der Waals surface area (Å²) in [7, 11) is 0. The van der Waals surface area contributed by atoms with E-state index in [0.717, 1.165) is 6.07 Å². The van der Waals surface area contributed by atoms with Crippen LogP contribution < -0.4 is 4.74 Å².